The van der Waals surface area contributed by atoms with Crippen LogP contribution in [0.25, 0.3) is 0 Å². The van der Waals surface area contributed by atoms with Crippen molar-refractivity contribution in [1.29, 1.82) is 0 Å². The van der Waals surface area contributed by atoms with Crippen LogP contribution < -0.4 is 10.1 Å². The number of nitrogens with one attached hydrogen (secondary N) is 1. The van der Waals surface area contributed by atoms with Crippen LogP contribution in [0.15, 0.2) is 12.1 Å². The van der Waals surface area contributed by atoms with Gasteiger partial charge in [0.25, 0.3) is 0 Å². The van der Waals surface area contributed by atoms with E-state index in [4.69, 9.17) is 4.74 Å². The number of amides is 1. The van der Waals surface area contributed by atoms with Crippen molar-refractivity contribution in [3.05, 3.63) is 23.5 Å². The number of hydrogen-bond acceptors (Lipinski definition) is 2. The highest BCUT2D eigenvalue weighted by atomic mass is 19.1. The summed E-state index contributed by atoms with van der Waals surface area (Å²) >= 11 is 0. The zero-order chi connectivity index (χ0) is 11.9. The van der Waals surface area contributed by atoms with Gasteiger partial charge in [-0.3, -0.25) is 4.79 Å². The van der Waals surface area contributed by atoms with Gasteiger partial charge in [-0.2, -0.15) is 0 Å². The van der Waals surface area contributed by atoms with Crippen LogP contribution in [-0.4, -0.2) is 11.5 Å². The van der Waals surface area contributed by atoms with Gasteiger partial charge >= 0.3 is 0 Å². The number of benzene rings is 1. The predicted octanol–water partition coefficient (Wildman–Crippen LogP) is 2.63. The van der Waals surface area contributed by atoms with Gasteiger partial charge in [0.05, 0.1) is 12.1 Å². The van der Waals surface area contributed by atoms with Gasteiger partial charge in [-0.1, -0.05) is 0 Å². The summed E-state index contributed by atoms with van der Waals surface area (Å²) in [4.78, 5) is 11.6. The van der Waals surface area contributed by atoms with Gasteiger partial charge in [-0.25, -0.2) is 4.39 Å². The van der Waals surface area contributed by atoms with Crippen LogP contribution in [0.4, 0.5) is 10.1 Å². The first-order chi connectivity index (χ1) is 7.37. The average Bonchev–Trinajstić information content (AvgIpc) is 2.19. The maximum atomic E-state index is 13.2. The minimum absolute atomic E-state index is 0.159. The van der Waals surface area contributed by atoms with Gasteiger partial charge in [-0.05, 0) is 32.4 Å². The third kappa shape index (κ3) is 2.01. The van der Waals surface area contributed by atoms with E-state index >= 15 is 0 Å². The molecule has 86 valence electrons. The molecule has 1 aromatic carbocycles. The molecule has 16 heavy (non-hydrogen) atoms. The second-order valence-corrected chi connectivity index (χ2v) is 4.69. The van der Waals surface area contributed by atoms with Crippen LogP contribution in [-0.2, 0) is 4.79 Å². The van der Waals surface area contributed by atoms with Crippen molar-refractivity contribution < 1.29 is 13.9 Å². The van der Waals surface area contributed by atoms with E-state index in [1.165, 1.54) is 12.1 Å². The Balaban J connectivity index is 2.54. The Kier molecular flexibility index (Phi) is 2.37. The molecule has 1 amide bonds. The van der Waals surface area contributed by atoms with E-state index in [0.717, 1.165) is 0 Å². The second kappa shape index (κ2) is 3.47. The first-order valence-corrected chi connectivity index (χ1v) is 5.16. The minimum atomic E-state index is -0.572. The number of carbonyl (C=O) groups is 1. The molecule has 1 N–H and O–H groups in total. The summed E-state index contributed by atoms with van der Waals surface area (Å²) in [6.45, 7) is 5.43. The Hall–Kier alpha value is -1.58. The van der Waals surface area contributed by atoms with Crippen LogP contribution in [0.1, 0.15) is 25.8 Å². The third-order valence-corrected chi connectivity index (χ3v) is 2.48. The van der Waals surface area contributed by atoms with E-state index in [-0.39, 0.29) is 18.1 Å². The summed E-state index contributed by atoms with van der Waals surface area (Å²) in [5, 5.41) is 2.66. The van der Waals surface area contributed by atoms with Gasteiger partial charge in [0.1, 0.15) is 17.2 Å². The highest BCUT2D eigenvalue weighted by Gasteiger charge is 2.30. The van der Waals surface area contributed by atoms with Crippen LogP contribution in [0.5, 0.6) is 5.75 Å². The number of hydrogen-bond donors (Lipinski definition) is 1. The molecule has 0 bridgehead atoms. The quantitative estimate of drug-likeness (QED) is 0.734. The molecule has 0 fully saturated rings. The molecule has 1 aromatic rings. The van der Waals surface area contributed by atoms with E-state index < -0.39 is 5.60 Å². The molecule has 1 aliphatic rings. The zero-order valence-electron chi connectivity index (χ0n) is 9.56. The number of anilines is 1. The molecule has 1 aliphatic heterocycles. The van der Waals surface area contributed by atoms with Crippen LogP contribution >= 0.6 is 0 Å². The molecule has 4 heteroatoms. The molecule has 0 atom stereocenters. The lowest BCUT2D eigenvalue weighted by atomic mass is 10.1. The van der Waals surface area contributed by atoms with Gasteiger partial charge in [0.2, 0.25) is 5.91 Å². The van der Waals surface area contributed by atoms with Crippen LogP contribution in [0.3, 0.4) is 0 Å². The SMILES string of the molecule is Cc1cc(F)cc2c1OC(C)(C)CC(=O)N2. The lowest BCUT2D eigenvalue weighted by Crippen LogP contribution is -2.31. The fourth-order valence-corrected chi connectivity index (χ4v) is 1.85. The lowest BCUT2D eigenvalue weighted by molar-refractivity contribution is -0.118. The van der Waals surface area contributed by atoms with Crippen molar-refractivity contribution in [3.63, 3.8) is 0 Å². The second-order valence-electron chi connectivity index (χ2n) is 4.69. The Bertz CT molecular complexity index is 455. The summed E-state index contributed by atoms with van der Waals surface area (Å²) in [5.74, 6) is 0.0193. The number of rotatable bonds is 0. The van der Waals surface area contributed by atoms with Crippen LogP contribution in [0.2, 0.25) is 0 Å². The smallest absolute Gasteiger partial charge is 0.228 e. The van der Waals surface area contributed by atoms with Crippen molar-refractivity contribution in [1.82, 2.24) is 0 Å². The molecule has 0 spiro atoms. The van der Waals surface area contributed by atoms with Crippen molar-refractivity contribution in [2.45, 2.75) is 32.8 Å². The number of carbonyl (C=O) groups excluding carboxylic acids is 1. The molecule has 0 saturated carbocycles. The fourth-order valence-electron chi connectivity index (χ4n) is 1.85. The van der Waals surface area contributed by atoms with E-state index in [2.05, 4.69) is 5.32 Å². The molecule has 1 heterocycles. The number of ether oxygens (including phenoxy) is 1. The normalized spacial score (nSPS) is 18.1. The van der Waals surface area contributed by atoms with E-state index in [1.54, 1.807) is 6.92 Å². The predicted molar refractivity (Wildman–Crippen MR) is 59.1 cm³/mol. The Morgan fingerprint density at radius 1 is 1.44 bits per heavy atom. The first kappa shape index (κ1) is 10.9. The molecule has 0 radical (unpaired) electrons. The van der Waals surface area contributed by atoms with E-state index in [0.29, 0.717) is 17.0 Å². The summed E-state index contributed by atoms with van der Waals surface area (Å²) in [6, 6.07) is 2.67. The van der Waals surface area contributed by atoms with Gasteiger partial charge in [0.15, 0.2) is 0 Å². The summed E-state index contributed by atoms with van der Waals surface area (Å²) in [7, 11) is 0. The molecular weight excluding hydrogens is 209 g/mol. The van der Waals surface area contributed by atoms with E-state index in [9.17, 15) is 9.18 Å². The molecule has 0 saturated heterocycles. The first-order valence-electron chi connectivity index (χ1n) is 5.16. The molecular formula is C12H14FNO2. The molecule has 2 rings (SSSR count). The topological polar surface area (TPSA) is 38.3 Å². The average molecular weight is 223 g/mol. The summed E-state index contributed by atoms with van der Waals surface area (Å²) in [6.07, 6.45) is 0.253. The maximum absolute atomic E-state index is 13.2. The van der Waals surface area contributed by atoms with Crippen molar-refractivity contribution in [3.8, 4) is 5.75 Å². The number of aryl methyl sites for hydroxylation is 1. The summed E-state index contributed by atoms with van der Waals surface area (Å²) in [5.41, 5.74) is 0.524. The summed E-state index contributed by atoms with van der Waals surface area (Å²) < 4.78 is 19.0. The van der Waals surface area contributed by atoms with Gasteiger partial charge in [-0.15, -0.1) is 0 Å². The Morgan fingerprint density at radius 2 is 2.12 bits per heavy atom. The van der Waals surface area contributed by atoms with Crippen molar-refractivity contribution >= 4 is 11.6 Å². The van der Waals surface area contributed by atoms with Crippen molar-refractivity contribution in [2.24, 2.45) is 0 Å². The lowest BCUT2D eigenvalue weighted by Gasteiger charge is -2.24. The number of halogens is 1. The third-order valence-electron chi connectivity index (χ3n) is 2.48. The van der Waals surface area contributed by atoms with Crippen molar-refractivity contribution in [2.75, 3.05) is 5.32 Å². The van der Waals surface area contributed by atoms with Gasteiger partial charge < -0.3 is 10.1 Å². The number of fused-ring (bicyclic) bond motifs is 1. The zero-order valence-corrected chi connectivity index (χ0v) is 9.56. The maximum Gasteiger partial charge on any atom is 0.228 e. The highest BCUT2D eigenvalue weighted by molar-refractivity contribution is 5.94. The van der Waals surface area contributed by atoms with E-state index in [1.807, 2.05) is 13.8 Å². The molecule has 0 aromatic heterocycles. The molecule has 0 aliphatic carbocycles. The standard InChI is InChI=1S/C12H14FNO2/c1-7-4-8(13)5-9-11(7)16-12(2,3)6-10(15)14-9/h4-5H,6H2,1-3H3,(H,14,15). The van der Waals surface area contributed by atoms with Gasteiger partial charge in [0, 0.05) is 6.07 Å². The largest absolute Gasteiger partial charge is 0.485 e. The minimum Gasteiger partial charge on any atom is -0.485 e. The molecule has 0 unspecified atom stereocenters. The molecule has 3 nitrogen and oxygen atoms in total. The Morgan fingerprint density at radius 3 is 2.81 bits per heavy atom. The fraction of sp³-hybridized carbons (Fsp3) is 0.417. The Labute approximate surface area is 93.6 Å². The highest BCUT2D eigenvalue weighted by Crippen LogP contribution is 2.36. The van der Waals surface area contributed by atoms with Crippen LogP contribution in [0, 0.1) is 12.7 Å². The monoisotopic (exact) mass is 223 g/mol.